The van der Waals surface area contributed by atoms with Crippen LogP contribution in [0.15, 0.2) is 48.5 Å². The second-order valence-electron chi connectivity index (χ2n) is 4.98. The van der Waals surface area contributed by atoms with Gasteiger partial charge in [0.1, 0.15) is 0 Å². The van der Waals surface area contributed by atoms with Crippen molar-refractivity contribution in [1.82, 2.24) is 0 Å². The zero-order valence-corrected chi connectivity index (χ0v) is 14.7. The molecule has 2 aromatic carbocycles. The molecule has 2 rings (SSSR count). The Morgan fingerprint density at radius 3 is 2.20 bits per heavy atom. The molecule has 5 heteroatoms. The van der Waals surface area contributed by atoms with E-state index in [1.54, 1.807) is 43.5 Å². The Bertz CT molecular complexity index is 737. The molecule has 0 spiro atoms. The van der Waals surface area contributed by atoms with E-state index >= 15 is 0 Å². The molecular weight excluding hydrogens is 320 g/mol. The van der Waals surface area contributed by atoms with E-state index in [-0.39, 0.29) is 0 Å². The van der Waals surface area contributed by atoms with Crippen molar-refractivity contribution in [2.75, 3.05) is 20.3 Å². The topological polar surface area (TPSA) is 54.0 Å². The molecule has 25 heavy (non-hydrogen) atoms. The third-order valence-electron chi connectivity index (χ3n) is 3.26. The van der Waals surface area contributed by atoms with Gasteiger partial charge in [0.2, 0.25) is 0 Å². The van der Waals surface area contributed by atoms with Gasteiger partial charge in [-0.05, 0) is 49.8 Å². The van der Waals surface area contributed by atoms with E-state index < -0.39 is 5.97 Å². The summed E-state index contributed by atoms with van der Waals surface area (Å²) in [5.74, 6) is 1.71. The molecule has 0 aliphatic heterocycles. The molecule has 0 amide bonds. The van der Waals surface area contributed by atoms with Crippen LogP contribution in [-0.4, -0.2) is 26.3 Å². The third-order valence-corrected chi connectivity index (χ3v) is 3.26. The van der Waals surface area contributed by atoms with Gasteiger partial charge in [0.25, 0.3) is 0 Å². The zero-order valence-electron chi connectivity index (χ0n) is 14.7. The lowest BCUT2D eigenvalue weighted by atomic mass is 10.2. The van der Waals surface area contributed by atoms with Crippen LogP contribution < -0.4 is 18.9 Å². The van der Waals surface area contributed by atoms with Gasteiger partial charge in [-0.3, -0.25) is 0 Å². The molecule has 0 saturated carbocycles. The summed E-state index contributed by atoms with van der Waals surface area (Å²) in [4.78, 5) is 12.0. The van der Waals surface area contributed by atoms with Crippen LogP contribution in [0.1, 0.15) is 19.4 Å². The standard InChI is InChI=1S/C20H22O5/c1-4-23-16-8-6-7-9-18(16)25-20(21)13-11-15-10-12-17(24-5-2)19(14-15)22-3/h6-14H,4-5H2,1-3H3/b13-11+. The molecule has 0 bridgehead atoms. The van der Waals surface area contributed by atoms with E-state index in [9.17, 15) is 4.79 Å². The Labute approximate surface area is 147 Å². The van der Waals surface area contributed by atoms with Crippen LogP contribution >= 0.6 is 0 Å². The summed E-state index contributed by atoms with van der Waals surface area (Å²) in [6, 6.07) is 12.5. The van der Waals surface area contributed by atoms with E-state index in [1.807, 2.05) is 26.0 Å². The minimum atomic E-state index is -0.486. The molecule has 0 fully saturated rings. The average molecular weight is 342 g/mol. The van der Waals surface area contributed by atoms with Crippen LogP contribution in [-0.2, 0) is 4.79 Å². The Morgan fingerprint density at radius 1 is 0.920 bits per heavy atom. The van der Waals surface area contributed by atoms with Crippen molar-refractivity contribution in [2.24, 2.45) is 0 Å². The largest absolute Gasteiger partial charge is 0.493 e. The van der Waals surface area contributed by atoms with Gasteiger partial charge >= 0.3 is 5.97 Å². The molecular formula is C20H22O5. The molecule has 0 N–H and O–H groups in total. The van der Waals surface area contributed by atoms with Crippen molar-refractivity contribution in [2.45, 2.75) is 13.8 Å². The van der Waals surface area contributed by atoms with Crippen molar-refractivity contribution >= 4 is 12.0 Å². The molecule has 2 aromatic rings. The van der Waals surface area contributed by atoms with Gasteiger partial charge < -0.3 is 18.9 Å². The molecule has 0 aliphatic rings. The zero-order chi connectivity index (χ0) is 18.1. The van der Waals surface area contributed by atoms with Gasteiger partial charge in [-0.1, -0.05) is 18.2 Å². The number of esters is 1. The Morgan fingerprint density at radius 2 is 1.56 bits per heavy atom. The van der Waals surface area contributed by atoms with Crippen molar-refractivity contribution in [1.29, 1.82) is 0 Å². The third kappa shape index (κ3) is 5.28. The van der Waals surface area contributed by atoms with Crippen LogP contribution in [0.3, 0.4) is 0 Å². The molecule has 0 atom stereocenters. The molecule has 0 radical (unpaired) electrons. The van der Waals surface area contributed by atoms with Gasteiger partial charge in [0.15, 0.2) is 23.0 Å². The SMILES string of the molecule is CCOc1ccc(/C=C/C(=O)Oc2ccccc2OCC)cc1OC. The van der Waals surface area contributed by atoms with Crippen LogP contribution in [0.5, 0.6) is 23.0 Å². The van der Waals surface area contributed by atoms with Gasteiger partial charge in [0, 0.05) is 6.08 Å². The monoisotopic (exact) mass is 342 g/mol. The quantitative estimate of drug-likeness (QED) is 0.410. The van der Waals surface area contributed by atoms with Gasteiger partial charge in [-0.25, -0.2) is 4.79 Å². The van der Waals surface area contributed by atoms with Crippen molar-refractivity contribution < 1.29 is 23.7 Å². The van der Waals surface area contributed by atoms with Crippen molar-refractivity contribution in [3.63, 3.8) is 0 Å². The molecule has 5 nitrogen and oxygen atoms in total. The fourth-order valence-electron chi connectivity index (χ4n) is 2.18. The lowest BCUT2D eigenvalue weighted by molar-refractivity contribution is -0.129. The number of ether oxygens (including phenoxy) is 4. The lowest BCUT2D eigenvalue weighted by Crippen LogP contribution is -2.05. The molecule has 132 valence electrons. The normalized spacial score (nSPS) is 10.5. The first-order valence-electron chi connectivity index (χ1n) is 8.10. The lowest BCUT2D eigenvalue weighted by Gasteiger charge is -2.10. The first kappa shape index (κ1) is 18.4. The number of hydrogen-bond donors (Lipinski definition) is 0. The number of rotatable bonds is 8. The maximum atomic E-state index is 12.0. The summed E-state index contributed by atoms with van der Waals surface area (Å²) in [5.41, 5.74) is 0.801. The predicted molar refractivity (Wildman–Crippen MR) is 96.4 cm³/mol. The molecule has 0 unspecified atom stereocenters. The maximum absolute atomic E-state index is 12.0. The number of methoxy groups -OCH3 is 1. The summed E-state index contributed by atoms with van der Waals surface area (Å²) >= 11 is 0. The average Bonchev–Trinajstić information content (AvgIpc) is 2.63. The number of benzene rings is 2. The highest BCUT2D eigenvalue weighted by Gasteiger charge is 2.08. The van der Waals surface area contributed by atoms with E-state index in [2.05, 4.69) is 0 Å². The molecule has 0 heterocycles. The highest BCUT2D eigenvalue weighted by atomic mass is 16.6. The second kappa shape index (κ2) is 9.37. The van der Waals surface area contributed by atoms with Crippen LogP contribution in [0, 0.1) is 0 Å². The highest BCUT2D eigenvalue weighted by Crippen LogP contribution is 2.29. The number of carbonyl (C=O) groups is 1. The minimum Gasteiger partial charge on any atom is -0.493 e. The Balaban J connectivity index is 2.08. The van der Waals surface area contributed by atoms with Gasteiger partial charge in [-0.15, -0.1) is 0 Å². The number of para-hydroxylation sites is 2. The Kier molecular flexibility index (Phi) is 6.89. The van der Waals surface area contributed by atoms with Crippen molar-refractivity contribution in [3.8, 4) is 23.0 Å². The van der Waals surface area contributed by atoms with E-state index in [4.69, 9.17) is 18.9 Å². The summed E-state index contributed by atoms with van der Waals surface area (Å²) in [6.07, 6.45) is 3.02. The predicted octanol–water partition coefficient (Wildman–Crippen LogP) is 4.11. The van der Waals surface area contributed by atoms with Crippen LogP contribution in [0.4, 0.5) is 0 Å². The molecule has 0 saturated heterocycles. The number of carbonyl (C=O) groups excluding carboxylic acids is 1. The number of hydrogen-bond acceptors (Lipinski definition) is 5. The highest BCUT2D eigenvalue weighted by molar-refractivity contribution is 5.89. The Hall–Kier alpha value is -2.95. The summed E-state index contributed by atoms with van der Waals surface area (Å²) in [5, 5.41) is 0. The van der Waals surface area contributed by atoms with E-state index in [1.165, 1.54) is 6.08 Å². The van der Waals surface area contributed by atoms with Crippen molar-refractivity contribution in [3.05, 3.63) is 54.1 Å². The summed E-state index contributed by atoms with van der Waals surface area (Å²) in [7, 11) is 1.57. The first-order chi connectivity index (χ1) is 12.2. The smallest absolute Gasteiger partial charge is 0.336 e. The maximum Gasteiger partial charge on any atom is 0.336 e. The van der Waals surface area contributed by atoms with E-state index in [0.717, 1.165) is 5.56 Å². The summed E-state index contributed by atoms with van der Waals surface area (Å²) in [6.45, 7) is 4.83. The summed E-state index contributed by atoms with van der Waals surface area (Å²) < 4.78 is 21.5. The minimum absolute atomic E-state index is 0.392. The fraction of sp³-hybridized carbons (Fsp3) is 0.250. The van der Waals surface area contributed by atoms with Crippen LogP contribution in [0.25, 0.3) is 6.08 Å². The van der Waals surface area contributed by atoms with Gasteiger partial charge in [-0.2, -0.15) is 0 Å². The molecule has 0 aromatic heterocycles. The van der Waals surface area contributed by atoms with Gasteiger partial charge in [0.05, 0.1) is 20.3 Å². The van der Waals surface area contributed by atoms with E-state index in [0.29, 0.717) is 36.2 Å². The molecule has 0 aliphatic carbocycles. The van der Waals surface area contributed by atoms with Crippen LogP contribution in [0.2, 0.25) is 0 Å². The second-order valence-corrected chi connectivity index (χ2v) is 4.98. The first-order valence-corrected chi connectivity index (χ1v) is 8.10. The fourth-order valence-corrected chi connectivity index (χ4v) is 2.18.